The second-order valence-corrected chi connectivity index (χ2v) is 9.36. The van der Waals surface area contributed by atoms with Crippen LogP contribution in [0.15, 0.2) is 29.6 Å². The average molecular weight is 410 g/mol. The fourth-order valence-electron chi connectivity index (χ4n) is 2.49. The summed E-state index contributed by atoms with van der Waals surface area (Å²) in [4.78, 5) is 24.6. The third-order valence-electron chi connectivity index (χ3n) is 3.81. The predicted molar refractivity (Wildman–Crippen MR) is 108 cm³/mol. The number of rotatable bonds is 8. The molecule has 1 heterocycles. The third kappa shape index (κ3) is 6.18. The molecular weight excluding hydrogens is 386 g/mol. The molecule has 6 nitrogen and oxygen atoms in total. The molecule has 0 fully saturated rings. The quantitative estimate of drug-likeness (QED) is 0.672. The van der Waals surface area contributed by atoms with Crippen LogP contribution >= 0.6 is 11.3 Å². The van der Waals surface area contributed by atoms with Gasteiger partial charge in [0.25, 0.3) is 0 Å². The number of esters is 1. The molecule has 2 rings (SSSR count). The lowest BCUT2D eigenvalue weighted by molar-refractivity contribution is -0.116. The average Bonchev–Trinajstić information content (AvgIpc) is 2.98. The van der Waals surface area contributed by atoms with E-state index in [2.05, 4.69) is 5.32 Å². The number of carbonyl (C=O) groups excluding carboxylic acids is 2. The number of benzene rings is 1. The van der Waals surface area contributed by atoms with Gasteiger partial charge in [0, 0.05) is 23.6 Å². The maximum atomic E-state index is 12.5. The van der Waals surface area contributed by atoms with Gasteiger partial charge in [-0.15, -0.1) is 11.3 Å². The van der Waals surface area contributed by atoms with Crippen molar-refractivity contribution in [2.45, 2.75) is 26.7 Å². The van der Waals surface area contributed by atoms with Crippen molar-refractivity contribution in [2.75, 3.05) is 23.9 Å². The summed E-state index contributed by atoms with van der Waals surface area (Å²) in [6.45, 7) is 3.93. The molecule has 2 aromatic rings. The maximum Gasteiger partial charge on any atom is 0.341 e. The minimum absolute atomic E-state index is 0.0514. The van der Waals surface area contributed by atoms with Gasteiger partial charge in [0.15, 0.2) is 0 Å². The van der Waals surface area contributed by atoms with Gasteiger partial charge in [-0.2, -0.15) is 0 Å². The lowest BCUT2D eigenvalue weighted by Gasteiger charge is -2.09. The highest BCUT2D eigenvalue weighted by atomic mass is 32.2. The summed E-state index contributed by atoms with van der Waals surface area (Å²) in [6.07, 6.45) is 1.43. The van der Waals surface area contributed by atoms with Gasteiger partial charge in [-0.1, -0.05) is 29.8 Å². The van der Waals surface area contributed by atoms with Gasteiger partial charge < -0.3 is 10.1 Å². The molecule has 0 bridgehead atoms. The summed E-state index contributed by atoms with van der Waals surface area (Å²) in [5.41, 5.74) is 2.98. The number of hydrogen-bond acceptors (Lipinski definition) is 6. The van der Waals surface area contributed by atoms with Crippen LogP contribution in [0.4, 0.5) is 5.00 Å². The molecular formula is C19H23NO5S2. The van der Waals surface area contributed by atoms with Crippen LogP contribution in [0.1, 0.15) is 35.7 Å². The number of ether oxygens (including phenoxy) is 1. The molecule has 0 unspecified atom stereocenters. The Morgan fingerprint density at radius 1 is 1.19 bits per heavy atom. The van der Waals surface area contributed by atoms with Crippen LogP contribution in [0.2, 0.25) is 0 Å². The van der Waals surface area contributed by atoms with Gasteiger partial charge in [-0.3, -0.25) is 4.79 Å². The van der Waals surface area contributed by atoms with Crippen molar-refractivity contribution in [1.29, 1.82) is 0 Å². The van der Waals surface area contributed by atoms with Crippen molar-refractivity contribution < 1.29 is 22.7 Å². The van der Waals surface area contributed by atoms with Gasteiger partial charge in [0.1, 0.15) is 20.4 Å². The molecule has 0 saturated carbocycles. The second kappa shape index (κ2) is 9.14. The molecule has 1 N–H and O–H groups in total. The van der Waals surface area contributed by atoms with Crippen molar-refractivity contribution in [3.05, 3.63) is 40.8 Å². The molecule has 0 aliphatic heterocycles. The van der Waals surface area contributed by atoms with Gasteiger partial charge in [-0.25, -0.2) is 13.2 Å². The monoisotopic (exact) mass is 409 g/mol. The number of carbonyl (C=O) groups is 2. The number of hydrogen-bond donors (Lipinski definition) is 1. The molecule has 1 aromatic carbocycles. The van der Waals surface area contributed by atoms with Crippen molar-refractivity contribution in [2.24, 2.45) is 0 Å². The largest absolute Gasteiger partial charge is 0.462 e. The highest BCUT2D eigenvalue weighted by Crippen LogP contribution is 2.36. The number of nitrogens with one attached hydrogen (secondary N) is 1. The summed E-state index contributed by atoms with van der Waals surface area (Å²) < 4.78 is 27.5. The van der Waals surface area contributed by atoms with E-state index in [4.69, 9.17) is 4.74 Å². The van der Waals surface area contributed by atoms with E-state index >= 15 is 0 Å². The molecule has 1 amide bonds. The smallest absolute Gasteiger partial charge is 0.341 e. The SMILES string of the molecule is CCOC(=O)c1c(-c2ccc(C)cc2)csc1NC(=O)CCCS(C)(=O)=O. The summed E-state index contributed by atoms with van der Waals surface area (Å²) >= 11 is 1.25. The van der Waals surface area contributed by atoms with E-state index in [9.17, 15) is 18.0 Å². The lowest BCUT2D eigenvalue weighted by Crippen LogP contribution is -2.15. The van der Waals surface area contributed by atoms with Crippen molar-refractivity contribution in [1.82, 2.24) is 0 Å². The first-order valence-electron chi connectivity index (χ1n) is 8.54. The zero-order chi connectivity index (χ0) is 20.0. The van der Waals surface area contributed by atoms with Crippen LogP contribution in [-0.4, -0.2) is 38.9 Å². The number of thiophene rings is 1. The van der Waals surface area contributed by atoms with Gasteiger partial charge in [-0.05, 0) is 25.8 Å². The Hall–Kier alpha value is -2.19. The standard InChI is InChI=1S/C19H23NO5S2/c1-4-25-19(22)17-15(14-9-7-13(2)8-10-14)12-26-18(17)20-16(21)6-5-11-27(3,23)24/h7-10,12H,4-6,11H2,1-3H3,(H,20,21). The molecule has 1 aromatic heterocycles. The summed E-state index contributed by atoms with van der Waals surface area (Å²) in [5.74, 6) is -0.883. The molecule has 146 valence electrons. The molecule has 0 radical (unpaired) electrons. The summed E-state index contributed by atoms with van der Waals surface area (Å²) in [6, 6.07) is 7.73. The lowest BCUT2D eigenvalue weighted by atomic mass is 10.0. The first kappa shape index (κ1) is 21.1. The molecule has 27 heavy (non-hydrogen) atoms. The Morgan fingerprint density at radius 2 is 1.85 bits per heavy atom. The Kier molecular flexibility index (Phi) is 7.15. The van der Waals surface area contributed by atoms with Gasteiger partial charge in [0.2, 0.25) is 5.91 Å². The molecule has 0 spiro atoms. The van der Waals surface area contributed by atoms with Crippen LogP contribution in [0, 0.1) is 6.92 Å². The zero-order valence-corrected chi connectivity index (χ0v) is 17.2. The topological polar surface area (TPSA) is 89.5 Å². The van der Waals surface area contributed by atoms with E-state index in [1.165, 1.54) is 11.3 Å². The van der Waals surface area contributed by atoms with Crippen molar-refractivity contribution >= 4 is 38.1 Å². The fourth-order valence-corrected chi connectivity index (χ4v) is 4.13. The Labute approximate surface area is 163 Å². The number of aryl methyl sites for hydroxylation is 1. The fraction of sp³-hybridized carbons (Fsp3) is 0.368. The maximum absolute atomic E-state index is 12.5. The van der Waals surface area contributed by atoms with Gasteiger partial charge in [0.05, 0.1) is 12.4 Å². The molecule has 0 saturated heterocycles. The van der Waals surface area contributed by atoms with Crippen LogP contribution in [-0.2, 0) is 19.4 Å². The first-order chi connectivity index (χ1) is 12.7. The Balaban J connectivity index is 2.24. The minimum Gasteiger partial charge on any atom is -0.462 e. The summed E-state index contributed by atoms with van der Waals surface area (Å²) in [5, 5.41) is 4.94. The van der Waals surface area contributed by atoms with E-state index in [1.54, 1.807) is 6.92 Å². The van der Waals surface area contributed by atoms with Crippen molar-refractivity contribution in [3.8, 4) is 11.1 Å². The normalized spacial score (nSPS) is 11.2. The highest BCUT2D eigenvalue weighted by molar-refractivity contribution is 7.90. The number of amides is 1. The second-order valence-electron chi connectivity index (χ2n) is 6.22. The number of sulfone groups is 1. The zero-order valence-electron chi connectivity index (χ0n) is 15.6. The van der Waals surface area contributed by atoms with E-state index in [-0.39, 0.29) is 31.1 Å². The van der Waals surface area contributed by atoms with E-state index in [0.29, 0.717) is 16.1 Å². The molecule has 0 aliphatic carbocycles. The van der Waals surface area contributed by atoms with E-state index in [1.807, 2.05) is 36.6 Å². The Morgan fingerprint density at radius 3 is 2.44 bits per heavy atom. The van der Waals surface area contributed by atoms with Crippen molar-refractivity contribution in [3.63, 3.8) is 0 Å². The van der Waals surface area contributed by atoms with E-state index in [0.717, 1.165) is 17.4 Å². The van der Waals surface area contributed by atoms with Crippen LogP contribution < -0.4 is 5.32 Å². The highest BCUT2D eigenvalue weighted by Gasteiger charge is 2.22. The first-order valence-corrected chi connectivity index (χ1v) is 11.5. The Bertz CT molecular complexity index is 914. The molecule has 8 heteroatoms. The summed E-state index contributed by atoms with van der Waals surface area (Å²) in [7, 11) is -3.11. The number of anilines is 1. The molecule has 0 atom stereocenters. The van der Waals surface area contributed by atoms with Gasteiger partial charge >= 0.3 is 5.97 Å². The molecule has 0 aliphatic rings. The van der Waals surface area contributed by atoms with Crippen LogP contribution in [0.25, 0.3) is 11.1 Å². The van der Waals surface area contributed by atoms with E-state index < -0.39 is 15.8 Å². The predicted octanol–water partition coefficient (Wildman–Crippen LogP) is 3.66. The minimum atomic E-state index is -3.11. The van der Waals surface area contributed by atoms with Crippen LogP contribution in [0.3, 0.4) is 0 Å². The third-order valence-corrected chi connectivity index (χ3v) is 5.73. The van der Waals surface area contributed by atoms with Crippen LogP contribution in [0.5, 0.6) is 0 Å².